The van der Waals surface area contributed by atoms with Crippen molar-refractivity contribution in [2.24, 2.45) is 0 Å². The standard InChI is InChI=1S/C11H14N2/c1-8(2)13-10-6-5-9-4-3-7-12-11(9)10/h3-4,6-8,13H,5H2,1-2H3. The molecule has 2 rings (SSSR count). The Labute approximate surface area is 78.7 Å². The summed E-state index contributed by atoms with van der Waals surface area (Å²) < 4.78 is 0. The van der Waals surface area contributed by atoms with Gasteiger partial charge in [0.05, 0.1) is 11.4 Å². The highest BCUT2D eigenvalue weighted by Crippen LogP contribution is 2.22. The van der Waals surface area contributed by atoms with Crippen molar-refractivity contribution in [3.8, 4) is 0 Å². The first-order valence-electron chi connectivity index (χ1n) is 4.68. The zero-order valence-corrected chi connectivity index (χ0v) is 8.04. The van der Waals surface area contributed by atoms with Crippen molar-refractivity contribution in [3.05, 3.63) is 35.7 Å². The number of fused-ring (bicyclic) bond motifs is 1. The Hall–Kier alpha value is -1.31. The first kappa shape index (κ1) is 8.30. The highest BCUT2D eigenvalue weighted by molar-refractivity contribution is 5.68. The maximum absolute atomic E-state index is 4.36. The molecule has 2 heteroatoms. The second-order valence-electron chi connectivity index (χ2n) is 3.63. The molecule has 1 aromatic heterocycles. The fourth-order valence-electron chi connectivity index (χ4n) is 1.59. The zero-order valence-electron chi connectivity index (χ0n) is 8.04. The van der Waals surface area contributed by atoms with E-state index in [1.54, 1.807) is 0 Å². The average molecular weight is 174 g/mol. The minimum atomic E-state index is 0.471. The van der Waals surface area contributed by atoms with Gasteiger partial charge in [-0.2, -0.15) is 0 Å². The van der Waals surface area contributed by atoms with E-state index in [0.29, 0.717) is 6.04 Å². The van der Waals surface area contributed by atoms with E-state index in [1.807, 2.05) is 12.3 Å². The Balaban J connectivity index is 2.26. The van der Waals surface area contributed by atoms with Gasteiger partial charge in [-0.1, -0.05) is 12.1 Å². The summed E-state index contributed by atoms with van der Waals surface area (Å²) in [5.74, 6) is 0. The molecule has 0 unspecified atom stereocenters. The predicted octanol–water partition coefficient (Wildman–Crippen LogP) is 1.98. The second-order valence-corrected chi connectivity index (χ2v) is 3.63. The molecule has 68 valence electrons. The Bertz CT molecular complexity index is 340. The van der Waals surface area contributed by atoms with Crippen LogP contribution in [0.4, 0.5) is 0 Å². The Morgan fingerprint density at radius 1 is 1.46 bits per heavy atom. The lowest BCUT2D eigenvalue weighted by atomic mass is 10.2. The third kappa shape index (κ3) is 1.57. The minimum absolute atomic E-state index is 0.471. The molecule has 0 saturated carbocycles. The van der Waals surface area contributed by atoms with Crippen LogP contribution in [-0.2, 0) is 6.42 Å². The van der Waals surface area contributed by atoms with Gasteiger partial charge in [-0.25, -0.2) is 0 Å². The number of aromatic nitrogens is 1. The Morgan fingerprint density at radius 2 is 2.31 bits per heavy atom. The van der Waals surface area contributed by atoms with E-state index in [4.69, 9.17) is 0 Å². The van der Waals surface area contributed by atoms with Crippen LogP contribution in [0.1, 0.15) is 25.1 Å². The third-order valence-corrected chi connectivity index (χ3v) is 2.12. The number of allylic oxidation sites excluding steroid dienone is 1. The van der Waals surface area contributed by atoms with E-state index in [2.05, 4.69) is 36.3 Å². The van der Waals surface area contributed by atoms with Crippen molar-refractivity contribution >= 4 is 5.70 Å². The van der Waals surface area contributed by atoms with Crippen LogP contribution in [-0.4, -0.2) is 11.0 Å². The summed E-state index contributed by atoms with van der Waals surface area (Å²) in [7, 11) is 0. The van der Waals surface area contributed by atoms with E-state index >= 15 is 0 Å². The van der Waals surface area contributed by atoms with Crippen LogP contribution in [0.3, 0.4) is 0 Å². The van der Waals surface area contributed by atoms with Crippen LogP contribution in [0.2, 0.25) is 0 Å². The van der Waals surface area contributed by atoms with Crippen LogP contribution in [0.5, 0.6) is 0 Å². The number of pyridine rings is 1. The van der Waals surface area contributed by atoms with Gasteiger partial charge in [0.1, 0.15) is 0 Å². The highest BCUT2D eigenvalue weighted by atomic mass is 14.9. The molecule has 0 saturated heterocycles. The predicted molar refractivity (Wildman–Crippen MR) is 54.2 cm³/mol. The van der Waals surface area contributed by atoms with Crippen LogP contribution in [0.15, 0.2) is 24.4 Å². The molecule has 2 nitrogen and oxygen atoms in total. The summed E-state index contributed by atoms with van der Waals surface area (Å²) >= 11 is 0. The molecule has 1 aliphatic carbocycles. The van der Waals surface area contributed by atoms with E-state index in [0.717, 1.165) is 12.1 Å². The minimum Gasteiger partial charge on any atom is -0.381 e. The number of hydrogen-bond acceptors (Lipinski definition) is 2. The Morgan fingerprint density at radius 3 is 3.08 bits per heavy atom. The number of rotatable bonds is 2. The summed E-state index contributed by atoms with van der Waals surface area (Å²) in [6.45, 7) is 4.28. The SMILES string of the molecule is CC(C)NC1=CCc2cccnc21. The molecule has 0 atom stereocenters. The Kier molecular flexibility index (Phi) is 2.05. The molecule has 0 spiro atoms. The molecular weight excluding hydrogens is 160 g/mol. The molecule has 1 N–H and O–H groups in total. The van der Waals surface area contributed by atoms with E-state index < -0.39 is 0 Å². The van der Waals surface area contributed by atoms with Crippen LogP contribution >= 0.6 is 0 Å². The summed E-state index contributed by atoms with van der Waals surface area (Å²) in [4.78, 5) is 4.36. The van der Waals surface area contributed by atoms with Gasteiger partial charge in [-0.05, 0) is 31.9 Å². The maximum Gasteiger partial charge on any atom is 0.0892 e. The maximum atomic E-state index is 4.36. The number of hydrogen-bond donors (Lipinski definition) is 1. The van der Waals surface area contributed by atoms with Gasteiger partial charge >= 0.3 is 0 Å². The smallest absolute Gasteiger partial charge is 0.0892 e. The van der Waals surface area contributed by atoms with Gasteiger partial charge in [0.25, 0.3) is 0 Å². The first-order chi connectivity index (χ1) is 6.27. The normalized spacial score (nSPS) is 14.2. The molecule has 1 heterocycles. The van der Waals surface area contributed by atoms with Gasteiger partial charge < -0.3 is 5.32 Å². The van der Waals surface area contributed by atoms with Crippen LogP contribution in [0, 0.1) is 0 Å². The molecule has 1 aliphatic rings. The molecule has 0 aliphatic heterocycles. The largest absolute Gasteiger partial charge is 0.381 e. The molecule has 0 fully saturated rings. The van der Waals surface area contributed by atoms with Crippen molar-refractivity contribution in [1.82, 2.24) is 10.3 Å². The zero-order chi connectivity index (χ0) is 9.26. The topological polar surface area (TPSA) is 24.9 Å². The van der Waals surface area contributed by atoms with E-state index in [9.17, 15) is 0 Å². The van der Waals surface area contributed by atoms with Crippen LogP contribution < -0.4 is 5.32 Å². The quantitative estimate of drug-likeness (QED) is 0.741. The lowest BCUT2D eigenvalue weighted by Crippen LogP contribution is -2.20. The van der Waals surface area contributed by atoms with Gasteiger partial charge in [-0.3, -0.25) is 4.98 Å². The van der Waals surface area contributed by atoms with Gasteiger partial charge in [0, 0.05) is 12.2 Å². The monoisotopic (exact) mass is 174 g/mol. The fourth-order valence-corrected chi connectivity index (χ4v) is 1.59. The van der Waals surface area contributed by atoms with Crippen molar-refractivity contribution < 1.29 is 0 Å². The molecule has 13 heavy (non-hydrogen) atoms. The van der Waals surface area contributed by atoms with Gasteiger partial charge in [0.2, 0.25) is 0 Å². The molecule has 0 aromatic carbocycles. The summed E-state index contributed by atoms with van der Waals surface area (Å²) in [5.41, 5.74) is 3.63. The van der Waals surface area contributed by atoms with Crippen molar-refractivity contribution in [1.29, 1.82) is 0 Å². The molecule has 0 amide bonds. The summed E-state index contributed by atoms with van der Waals surface area (Å²) in [5, 5.41) is 3.40. The second kappa shape index (κ2) is 3.21. The summed E-state index contributed by atoms with van der Waals surface area (Å²) in [6.07, 6.45) is 5.07. The first-order valence-corrected chi connectivity index (χ1v) is 4.68. The molecule has 0 radical (unpaired) electrons. The van der Waals surface area contributed by atoms with Gasteiger partial charge in [-0.15, -0.1) is 0 Å². The lowest BCUT2D eigenvalue weighted by Gasteiger charge is -2.11. The van der Waals surface area contributed by atoms with Crippen LogP contribution in [0.25, 0.3) is 5.70 Å². The number of nitrogens with one attached hydrogen (secondary N) is 1. The lowest BCUT2D eigenvalue weighted by molar-refractivity contribution is 0.716. The molecular formula is C11H14N2. The fraction of sp³-hybridized carbons (Fsp3) is 0.364. The van der Waals surface area contributed by atoms with Crippen molar-refractivity contribution in [2.75, 3.05) is 0 Å². The number of nitrogens with zero attached hydrogens (tertiary/aromatic N) is 1. The molecule has 0 bridgehead atoms. The molecule has 1 aromatic rings. The van der Waals surface area contributed by atoms with E-state index in [1.165, 1.54) is 11.3 Å². The highest BCUT2D eigenvalue weighted by Gasteiger charge is 2.14. The summed E-state index contributed by atoms with van der Waals surface area (Å²) in [6, 6.07) is 4.60. The third-order valence-electron chi connectivity index (χ3n) is 2.12. The van der Waals surface area contributed by atoms with E-state index in [-0.39, 0.29) is 0 Å². The van der Waals surface area contributed by atoms with Crippen molar-refractivity contribution in [2.45, 2.75) is 26.3 Å². The van der Waals surface area contributed by atoms with Crippen molar-refractivity contribution in [3.63, 3.8) is 0 Å². The average Bonchev–Trinajstić information content (AvgIpc) is 2.48. The van der Waals surface area contributed by atoms with Gasteiger partial charge in [0.15, 0.2) is 0 Å².